The molecule has 20 heavy (non-hydrogen) atoms. The molecule has 0 heterocycles. The van der Waals surface area contributed by atoms with E-state index in [9.17, 15) is 0 Å². The maximum Gasteiger partial charge on any atom is 0.208 e. The van der Waals surface area contributed by atoms with Crippen LogP contribution in [0, 0.1) is 0 Å². The third-order valence-electron chi connectivity index (χ3n) is 3.91. The lowest BCUT2D eigenvalue weighted by Gasteiger charge is -2.27. The molecule has 0 spiro atoms. The first-order valence-corrected chi connectivity index (χ1v) is 7.66. The van der Waals surface area contributed by atoms with Gasteiger partial charge in [0.25, 0.3) is 0 Å². The Morgan fingerprint density at radius 3 is 2.55 bits per heavy atom. The summed E-state index contributed by atoms with van der Waals surface area (Å²) in [6, 6.07) is 10.9. The molecule has 1 aliphatic carbocycles. The molecule has 1 saturated carbocycles. The summed E-state index contributed by atoms with van der Waals surface area (Å²) in [6.07, 6.45) is 6.30. The second-order valence-electron chi connectivity index (χ2n) is 5.39. The van der Waals surface area contributed by atoms with Gasteiger partial charge in [-0.05, 0) is 25.3 Å². The Morgan fingerprint density at radius 2 is 1.95 bits per heavy atom. The number of nitrogens with two attached hydrogens (primary N) is 1. The fraction of sp³-hybridized carbons (Fsp3) is 0.562. The number of hydrazine groups is 1. The molecular weight excluding hydrogens is 248 g/mol. The van der Waals surface area contributed by atoms with Crippen LogP contribution in [0.5, 0.6) is 0 Å². The summed E-state index contributed by atoms with van der Waals surface area (Å²) in [4.78, 5) is 7.03. The molecule has 4 heteroatoms. The van der Waals surface area contributed by atoms with Gasteiger partial charge in [0.1, 0.15) is 0 Å². The fourth-order valence-corrected chi connectivity index (χ4v) is 2.73. The summed E-state index contributed by atoms with van der Waals surface area (Å²) in [5, 5.41) is 0. The van der Waals surface area contributed by atoms with E-state index in [2.05, 4.69) is 41.5 Å². The van der Waals surface area contributed by atoms with Gasteiger partial charge < -0.3 is 4.90 Å². The van der Waals surface area contributed by atoms with Crippen molar-refractivity contribution in [2.24, 2.45) is 10.8 Å². The smallest absolute Gasteiger partial charge is 0.208 e. The summed E-state index contributed by atoms with van der Waals surface area (Å²) >= 11 is 0. The predicted octanol–water partition coefficient (Wildman–Crippen LogP) is 2.66. The number of hydrogen-bond acceptors (Lipinski definition) is 2. The van der Waals surface area contributed by atoms with Gasteiger partial charge in [0, 0.05) is 13.1 Å². The highest BCUT2D eigenvalue weighted by atomic mass is 15.4. The number of nitrogens with one attached hydrogen (secondary N) is 1. The van der Waals surface area contributed by atoms with Crippen LogP contribution in [-0.4, -0.2) is 23.4 Å². The standard InChI is InChI=1S/C16H26N4/c1-2-20(13-14-9-5-3-6-10-14)16(19-17)18-15-11-7-4-8-12-15/h3,5-6,9-10,15H,2,4,7-8,11-13,17H2,1H3,(H,18,19). The SMILES string of the molecule is CCN(Cc1ccccc1)C(=NC1CCCCC1)NN. The summed E-state index contributed by atoms with van der Waals surface area (Å²) in [5.74, 6) is 6.52. The Hall–Kier alpha value is -1.55. The zero-order valence-electron chi connectivity index (χ0n) is 12.4. The van der Waals surface area contributed by atoms with Gasteiger partial charge in [0.15, 0.2) is 0 Å². The Labute approximate surface area is 122 Å². The third-order valence-corrected chi connectivity index (χ3v) is 3.91. The Balaban J connectivity index is 2.04. The first-order valence-electron chi connectivity index (χ1n) is 7.66. The molecule has 2 rings (SSSR count). The predicted molar refractivity (Wildman–Crippen MR) is 84.2 cm³/mol. The van der Waals surface area contributed by atoms with Crippen molar-refractivity contribution >= 4 is 5.96 Å². The Bertz CT molecular complexity index is 410. The van der Waals surface area contributed by atoms with Gasteiger partial charge in [-0.15, -0.1) is 0 Å². The molecule has 0 radical (unpaired) electrons. The number of benzene rings is 1. The molecule has 0 saturated heterocycles. The van der Waals surface area contributed by atoms with Gasteiger partial charge >= 0.3 is 0 Å². The highest BCUT2D eigenvalue weighted by molar-refractivity contribution is 5.79. The van der Waals surface area contributed by atoms with E-state index >= 15 is 0 Å². The highest BCUT2D eigenvalue weighted by Gasteiger charge is 2.15. The van der Waals surface area contributed by atoms with Crippen molar-refractivity contribution in [2.45, 2.75) is 51.6 Å². The van der Waals surface area contributed by atoms with Crippen LogP contribution in [0.4, 0.5) is 0 Å². The van der Waals surface area contributed by atoms with E-state index < -0.39 is 0 Å². The third kappa shape index (κ3) is 4.23. The molecule has 3 N–H and O–H groups in total. The van der Waals surface area contributed by atoms with Crippen molar-refractivity contribution in [1.82, 2.24) is 10.3 Å². The molecule has 0 unspecified atom stereocenters. The number of rotatable bonds is 4. The van der Waals surface area contributed by atoms with Gasteiger partial charge in [0.05, 0.1) is 6.04 Å². The normalized spacial score (nSPS) is 17.0. The number of hydrogen-bond donors (Lipinski definition) is 2. The molecule has 4 nitrogen and oxygen atoms in total. The molecule has 0 aromatic heterocycles. The molecule has 1 aromatic carbocycles. The van der Waals surface area contributed by atoms with Crippen molar-refractivity contribution in [3.8, 4) is 0 Å². The lowest BCUT2D eigenvalue weighted by Crippen LogP contribution is -2.45. The van der Waals surface area contributed by atoms with E-state index in [0.29, 0.717) is 6.04 Å². The molecule has 1 aromatic rings. The van der Waals surface area contributed by atoms with Gasteiger partial charge in [-0.2, -0.15) is 0 Å². The minimum absolute atomic E-state index is 0.430. The lowest BCUT2D eigenvalue weighted by atomic mass is 9.96. The summed E-state index contributed by atoms with van der Waals surface area (Å²) in [6.45, 7) is 3.87. The monoisotopic (exact) mass is 274 g/mol. The largest absolute Gasteiger partial charge is 0.338 e. The van der Waals surface area contributed by atoms with E-state index in [1.165, 1.54) is 37.7 Å². The molecule has 1 fully saturated rings. The lowest BCUT2D eigenvalue weighted by molar-refractivity contribution is 0.396. The number of nitrogens with zero attached hydrogens (tertiary/aromatic N) is 2. The summed E-state index contributed by atoms with van der Waals surface area (Å²) in [5.41, 5.74) is 4.08. The van der Waals surface area contributed by atoms with E-state index in [1.54, 1.807) is 0 Å². The molecular formula is C16H26N4. The second-order valence-corrected chi connectivity index (χ2v) is 5.39. The minimum atomic E-state index is 0.430. The van der Waals surface area contributed by atoms with E-state index in [1.807, 2.05) is 6.07 Å². The van der Waals surface area contributed by atoms with Crippen LogP contribution >= 0.6 is 0 Å². The van der Waals surface area contributed by atoms with E-state index in [0.717, 1.165) is 19.0 Å². The van der Waals surface area contributed by atoms with Crippen molar-refractivity contribution < 1.29 is 0 Å². The summed E-state index contributed by atoms with van der Waals surface area (Å²) in [7, 11) is 0. The Kier molecular flexibility index (Phi) is 5.87. The van der Waals surface area contributed by atoms with Crippen molar-refractivity contribution in [3.05, 3.63) is 35.9 Å². The van der Waals surface area contributed by atoms with Gasteiger partial charge in [-0.1, -0.05) is 49.6 Å². The van der Waals surface area contributed by atoms with Crippen LogP contribution in [-0.2, 0) is 6.54 Å². The maximum absolute atomic E-state index is 5.70. The van der Waals surface area contributed by atoms with Crippen LogP contribution in [0.1, 0.15) is 44.6 Å². The molecule has 0 bridgehead atoms. The Morgan fingerprint density at radius 1 is 1.25 bits per heavy atom. The van der Waals surface area contributed by atoms with Gasteiger partial charge in [0.2, 0.25) is 5.96 Å². The average molecular weight is 274 g/mol. The van der Waals surface area contributed by atoms with Crippen molar-refractivity contribution in [2.75, 3.05) is 6.54 Å². The zero-order valence-corrected chi connectivity index (χ0v) is 12.4. The first-order chi connectivity index (χ1) is 9.83. The highest BCUT2D eigenvalue weighted by Crippen LogP contribution is 2.20. The fourth-order valence-electron chi connectivity index (χ4n) is 2.73. The molecule has 1 aliphatic rings. The zero-order chi connectivity index (χ0) is 14.2. The van der Waals surface area contributed by atoms with Crippen molar-refractivity contribution in [1.29, 1.82) is 0 Å². The molecule has 110 valence electrons. The van der Waals surface area contributed by atoms with E-state index in [-0.39, 0.29) is 0 Å². The van der Waals surface area contributed by atoms with Crippen LogP contribution in [0.25, 0.3) is 0 Å². The van der Waals surface area contributed by atoms with Crippen LogP contribution in [0.15, 0.2) is 35.3 Å². The van der Waals surface area contributed by atoms with Crippen LogP contribution in [0.2, 0.25) is 0 Å². The average Bonchev–Trinajstić information content (AvgIpc) is 2.52. The summed E-state index contributed by atoms with van der Waals surface area (Å²) < 4.78 is 0. The van der Waals surface area contributed by atoms with Crippen LogP contribution < -0.4 is 11.3 Å². The van der Waals surface area contributed by atoms with Gasteiger partial charge in [-0.3, -0.25) is 5.43 Å². The minimum Gasteiger partial charge on any atom is -0.338 e. The topological polar surface area (TPSA) is 53.6 Å². The first kappa shape index (κ1) is 14.9. The number of guanidine groups is 1. The second kappa shape index (κ2) is 7.90. The quantitative estimate of drug-likeness (QED) is 0.384. The van der Waals surface area contributed by atoms with Gasteiger partial charge in [-0.25, -0.2) is 10.8 Å². The molecule has 0 aliphatic heterocycles. The van der Waals surface area contributed by atoms with Crippen LogP contribution in [0.3, 0.4) is 0 Å². The molecule has 0 atom stereocenters. The van der Waals surface area contributed by atoms with Crippen molar-refractivity contribution in [3.63, 3.8) is 0 Å². The molecule has 0 amide bonds. The number of aliphatic imine (C=N–C) groups is 1. The maximum atomic E-state index is 5.70. The van der Waals surface area contributed by atoms with E-state index in [4.69, 9.17) is 10.8 Å².